The average molecular weight is 505 g/mol. The van der Waals surface area contributed by atoms with Crippen LogP contribution in [0.15, 0.2) is 42.0 Å². The minimum Gasteiger partial charge on any atom is -0.495 e. The van der Waals surface area contributed by atoms with Crippen molar-refractivity contribution in [2.45, 2.75) is 76.7 Å². The monoisotopic (exact) mass is 504 g/mol. The molecule has 0 radical (unpaired) electrons. The summed E-state index contributed by atoms with van der Waals surface area (Å²) in [5.74, 6) is 0.737. The van der Waals surface area contributed by atoms with Crippen molar-refractivity contribution in [1.82, 2.24) is 10.6 Å². The van der Waals surface area contributed by atoms with Crippen molar-refractivity contribution in [3.63, 3.8) is 0 Å². The SMILES string of the molecule is CNC(=O)CCC1(C)OC1[C@H](C)C1CC(C/C=C/C=C(\C)Cc2ccc(Cl)c(OC)c2)NC(=O)O1. The Morgan fingerprint density at radius 3 is 2.91 bits per heavy atom. The number of hydrogen-bond donors (Lipinski definition) is 2. The number of hydrogen-bond acceptors (Lipinski definition) is 5. The maximum absolute atomic E-state index is 12.2. The van der Waals surface area contributed by atoms with E-state index in [9.17, 15) is 9.59 Å². The van der Waals surface area contributed by atoms with E-state index in [1.807, 2.05) is 31.2 Å². The van der Waals surface area contributed by atoms with E-state index in [2.05, 4.69) is 36.6 Å². The lowest BCUT2D eigenvalue weighted by Gasteiger charge is -2.33. The van der Waals surface area contributed by atoms with Crippen LogP contribution < -0.4 is 15.4 Å². The molecule has 0 aromatic heterocycles. The van der Waals surface area contributed by atoms with Gasteiger partial charge in [-0.25, -0.2) is 4.79 Å². The van der Waals surface area contributed by atoms with E-state index >= 15 is 0 Å². The molecule has 35 heavy (non-hydrogen) atoms. The third kappa shape index (κ3) is 7.48. The maximum Gasteiger partial charge on any atom is 0.407 e. The molecule has 2 amide bonds. The highest BCUT2D eigenvalue weighted by molar-refractivity contribution is 6.32. The number of nitrogens with one attached hydrogen (secondary N) is 2. The molecule has 2 fully saturated rings. The van der Waals surface area contributed by atoms with Crippen molar-refractivity contribution in [1.29, 1.82) is 0 Å². The van der Waals surface area contributed by atoms with E-state index in [0.29, 0.717) is 23.6 Å². The summed E-state index contributed by atoms with van der Waals surface area (Å²) in [6.45, 7) is 6.16. The van der Waals surface area contributed by atoms with Gasteiger partial charge in [-0.15, -0.1) is 0 Å². The molecule has 2 N–H and O–H groups in total. The first-order chi connectivity index (χ1) is 16.6. The number of cyclic esters (lactones) is 1. The van der Waals surface area contributed by atoms with E-state index in [-0.39, 0.29) is 41.8 Å². The summed E-state index contributed by atoms with van der Waals surface area (Å²) >= 11 is 6.10. The van der Waals surface area contributed by atoms with Crippen molar-refractivity contribution < 1.29 is 23.8 Å². The van der Waals surface area contributed by atoms with Gasteiger partial charge in [0.25, 0.3) is 0 Å². The van der Waals surface area contributed by atoms with Gasteiger partial charge in [0, 0.05) is 31.8 Å². The first-order valence-electron chi connectivity index (χ1n) is 12.2. The number of alkyl carbamates (subject to hydrolysis) is 1. The van der Waals surface area contributed by atoms with Crippen LogP contribution >= 0.6 is 11.6 Å². The first-order valence-corrected chi connectivity index (χ1v) is 12.5. The van der Waals surface area contributed by atoms with Gasteiger partial charge in [-0.05, 0) is 50.8 Å². The van der Waals surface area contributed by atoms with Crippen LogP contribution in [-0.2, 0) is 20.7 Å². The van der Waals surface area contributed by atoms with Crippen LogP contribution in [0, 0.1) is 5.92 Å². The van der Waals surface area contributed by atoms with E-state index in [1.165, 1.54) is 5.57 Å². The van der Waals surface area contributed by atoms with Crippen molar-refractivity contribution in [3.8, 4) is 5.75 Å². The number of methoxy groups -OCH3 is 1. The second-order valence-electron chi connectivity index (χ2n) is 9.73. The Bertz CT molecular complexity index is 978. The van der Waals surface area contributed by atoms with Crippen LogP contribution in [0.2, 0.25) is 5.02 Å². The number of carbonyl (C=O) groups excluding carboxylic acids is 2. The fourth-order valence-electron chi connectivity index (χ4n) is 4.68. The highest BCUT2D eigenvalue weighted by atomic mass is 35.5. The molecule has 1 aromatic rings. The van der Waals surface area contributed by atoms with Gasteiger partial charge in [0.05, 0.1) is 23.8 Å². The number of allylic oxidation sites excluding steroid dienone is 3. The molecule has 7 nitrogen and oxygen atoms in total. The maximum atomic E-state index is 12.2. The van der Waals surface area contributed by atoms with E-state index in [4.69, 9.17) is 25.8 Å². The number of benzene rings is 1. The summed E-state index contributed by atoms with van der Waals surface area (Å²) in [7, 11) is 3.25. The Morgan fingerprint density at radius 2 is 2.20 bits per heavy atom. The van der Waals surface area contributed by atoms with Crippen molar-refractivity contribution in [2.75, 3.05) is 14.2 Å². The van der Waals surface area contributed by atoms with Crippen LogP contribution in [0.5, 0.6) is 5.75 Å². The second kappa shape index (κ2) is 12.0. The molecule has 8 heteroatoms. The fourth-order valence-corrected chi connectivity index (χ4v) is 4.87. The van der Waals surface area contributed by atoms with Crippen LogP contribution in [-0.4, -0.2) is 50.0 Å². The molecule has 0 spiro atoms. The summed E-state index contributed by atoms with van der Waals surface area (Å²) < 4.78 is 16.8. The Balaban J connectivity index is 1.49. The average Bonchev–Trinajstić information content (AvgIpc) is 3.52. The van der Waals surface area contributed by atoms with Gasteiger partial charge >= 0.3 is 6.09 Å². The van der Waals surface area contributed by atoms with E-state index in [1.54, 1.807) is 14.2 Å². The molecular weight excluding hydrogens is 468 g/mol. The Hall–Kier alpha value is -2.51. The molecule has 0 saturated carbocycles. The summed E-state index contributed by atoms with van der Waals surface area (Å²) in [4.78, 5) is 23.8. The molecule has 0 bridgehead atoms. The van der Waals surface area contributed by atoms with Gasteiger partial charge in [0.15, 0.2) is 0 Å². The number of ether oxygens (including phenoxy) is 3. The lowest BCUT2D eigenvalue weighted by Crippen LogP contribution is -2.48. The molecule has 192 valence electrons. The highest BCUT2D eigenvalue weighted by Gasteiger charge is 2.57. The molecule has 4 unspecified atom stereocenters. The van der Waals surface area contributed by atoms with Crippen LogP contribution in [0.4, 0.5) is 4.79 Å². The zero-order valence-electron chi connectivity index (χ0n) is 21.2. The minimum atomic E-state index is -0.386. The number of amides is 2. The molecule has 2 aliphatic rings. The summed E-state index contributed by atoms with van der Waals surface area (Å²) in [5, 5.41) is 6.17. The highest BCUT2D eigenvalue weighted by Crippen LogP contribution is 2.46. The molecule has 2 saturated heterocycles. The molecule has 2 aliphatic heterocycles. The lowest BCUT2D eigenvalue weighted by atomic mass is 9.86. The van der Waals surface area contributed by atoms with Crippen molar-refractivity contribution in [2.24, 2.45) is 5.92 Å². The molecule has 0 aliphatic carbocycles. The normalized spacial score (nSPS) is 27.2. The predicted molar refractivity (Wildman–Crippen MR) is 137 cm³/mol. The molecule has 3 rings (SSSR count). The third-order valence-electron chi connectivity index (χ3n) is 6.87. The number of epoxide rings is 1. The quantitative estimate of drug-likeness (QED) is 0.328. The van der Waals surface area contributed by atoms with E-state index < -0.39 is 0 Å². The van der Waals surface area contributed by atoms with Crippen molar-refractivity contribution in [3.05, 3.63) is 52.6 Å². The largest absolute Gasteiger partial charge is 0.495 e. The Kier molecular flexibility index (Phi) is 9.25. The van der Waals surface area contributed by atoms with Crippen LogP contribution in [0.1, 0.15) is 52.0 Å². The first kappa shape index (κ1) is 27.1. The van der Waals surface area contributed by atoms with Gasteiger partial charge in [-0.1, -0.05) is 48.4 Å². The van der Waals surface area contributed by atoms with Gasteiger partial charge < -0.3 is 24.8 Å². The molecule has 5 atom stereocenters. The van der Waals surface area contributed by atoms with Crippen LogP contribution in [0.3, 0.4) is 0 Å². The Labute approximate surface area is 213 Å². The molecular formula is C27H37ClN2O5. The molecule has 1 aromatic carbocycles. The summed E-state index contributed by atoms with van der Waals surface area (Å²) in [6, 6.07) is 5.80. The third-order valence-corrected chi connectivity index (χ3v) is 7.18. The van der Waals surface area contributed by atoms with Gasteiger partial charge in [0.1, 0.15) is 11.9 Å². The second-order valence-corrected chi connectivity index (χ2v) is 10.1. The minimum absolute atomic E-state index is 0.00468. The van der Waals surface area contributed by atoms with Gasteiger partial charge in [-0.3, -0.25) is 4.79 Å². The van der Waals surface area contributed by atoms with E-state index in [0.717, 1.165) is 24.8 Å². The summed E-state index contributed by atoms with van der Waals surface area (Å²) in [6.07, 6.45) is 8.88. The molecule has 2 heterocycles. The predicted octanol–water partition coefficient (Wildman–Crippen LogP) is 4.97. The van der Waals surface area contributed by atoms with Crippen molar-refractivity contribution >= 4 is 23.6 Å². The Morgan fingerprint density at radius 1 is 1.43 bits per heavy atom. The number of rotatable bonds is 11. The fraction of sp³-hybridized carbons (Fsp3) is 0.556. The van der Waals surface area contributed by atoms with Crippen LogP contribution in [0.25, 0.3) is 0 Å². The topological polar surface area (TPSA) is 89.2 Å². The number of halogens is 1. The van der Waals surface area contributed by atoms with Gasteiger partial charge in [0.2, 0.25) is 5.91 Å². The standard InChI is InChI=1S/C27H37ClN2O5/c1-17(14-19-10-11-21(28)23(15-19)33-5)8-6-7-9-20-16-22(34-26(32)30-20)18(2)25-27(3,35-25)13-12-24(31)29-4/h6-8,10-11,15,18,20,22,25H,9,12-14,16H2,1-5H3,(H,29,31)(H,30,32)/b7-6+,17-8+/t18-,20?,22?,25?,27?/m1/s1. The van der Waals surface area contributed by atoms with Gasteiger partial charge in [-0.2, -0.15) is 0 Å². The zero-order chi connectivity index (χ0) is 25.6. The zero-order valence-corrected chi connectivity index (χ0v) is 22.0. The summed E-state index contributed by atoms with van der Waals surface area (Å²) in [5.41, 5.74) is 2.00. The number of carbonyl (C=O) groups is 2. The lowest BCUT2D eigenvalue weighted by molar-refractivity contribution is -0.120. The smallest absolute Gasteiger partial charge is 0.407 e.